The smallest absolute Gasteiger partial charge is 0.387 e. The van der Waals surface area contributed by atoms with E-state index in [4.69, 9.17) is 0 Å². The van der Waals surface area contributed by atoms with Crippen molar-refractivity contribution in [3.8, 4) is 5.75 Å². The average Bonchev–Trinajstić information content (AvgIpc) is 2.77. The Bertz CT molecular complexity index is 609. The number of thiophene rings is 1. The van der Waals surface area contributed by atoms with Gasteiger partial charge < -0.3 is 10.1 Å². The molecule has 1 amide bonds. The van der Waals surface area contributed by atoms with Gasteiger partial charge in [0.15, 0.2) is 0 Å². The van der Waals surface area contributed by atoms with Gasteiger partial charge in [-0.05, 0) is 52.2 Å². The number of hydrogen-bond acceptors (Lipinski definition) is 3. The number of nitrogens with one attached hydrogen (secondary N) is 1. The summed E-state index contributed by atoms with van der Waals surface area (Å²) in [4.78, 5) is 12.6. The van der Waals surface area contributed by atoms with Crippen molar-refractivity contribution < 1.29 is 18.3 Å². The first-order valence-electron chi connectivity index (χ1n) is 6.03. The summed E-state index contributed by atoms with van der Waals surface area (Å²) in [7, 11) is 0. The van der Waals surface area contributed by atoms with Gasteiger partial charge in [0.1, 0.15) is 5.75 Å². The summed E-state index contributed by atoms with van der Waals surface area (Å²) in [6.07, 6.45) is 0. The summed E-state index contributed by atoms with van der Waals surface area (Å²) in [5.41, 5.74) is 1.82. The number of amides is 1. The molecule has 0 radical (unpaired) electrons. The fourth-order valence-corrected chi connectivity index (χ4v) is 3.08. The Labute approximate surface area is 133 Å². The van der Waals surface area contributed by atoms with E-state index in [9.17, 15) is 13.6 Å². The van der Waals surface area contributed by atoms with Gasteiger partial charge in [-0.15, -0.1) is 11.3 Å². The quantitative estimate of drug-likeness (QED) is 0.843. The number of hydrogen-bond donors (Lipinski definition) is 1. The van der Waals surface area contributed by atoms with E-state index in [1.807, 2.05) is 13.0 Å². The molecule has 1 N–H and O–H groups in total. The SMILES string of the molecule is Cc1cc(C(=O)NCc2ccc(OC(F)F)cc2)sc1Br. The van der Waals surface area contributed by atoms with Gasteiger partial charge >= 0.3 is 6.61 Å². The first-order chi connectivity index (χ1) is 9.95. The number of ether oxygens (including phenoxy) is 1. The molecule has 0 aliphatic carbocycles. The molecule has 7 heteroatoms. The second kappa shape index (κ2) is 7.00. The molecule has 0 unspecified atom stereocenters. The van der Waals surface area contributed by atoms with E-state index in [2.05, 4.69) is 26.0 Å². The molecule has 0 spiro atoms. The van der Waals surface area contributed by atoms with E-state index in [0.717, 1.165) is 14.9 Å². The lowest BCUT2D eigenvalue weighted by atomic mass is 10.2. The molecule has 1 heterocycles. The third-order valence-corrected chi connectivity index (χ3v) is 4.82. The summed E-state index contributed by atoms with van der Waals surface area (Å²) >= 11 is 4.74. The normalized spacial score (nSPS) is 10.7. The maximum Gasteiger partial charge on any atom is 0.387 e. The molecule has 2 aromatic rings. The zero-order valence-corrected chi connectivity index (χ0v) is 13.4. The summed E-state index contributed by atoms with van der Waals surface area (Å²) in [5, 5.41) is 2.78. The Kier molecular flexibility index (Phi) is 5.30. The number of benzene rings is 1. The Hall–Kier alpha value is -1.47. The molecule has 0 aliphatic rings. The Morgan fingerprint density at radius 3 is 2.57 bits per heavy atom. The van der Waals surface area contributed by atoms with Crippen LogP contribution in [-0.2, 0) is 6.54 Å². The van der Waals surface area contributed by atoms with Crippen LogP contribution in [0.1, 0.15) is 20.8 Å². The highest BCUT2D eigenvalue weighted by Gasteiger charge is 2.11. The average molecular weight is 376 g/mol. The molecule has 3 nitrogen and oxygen atoms in total. The van der Waals surface area contributed by atoms with Crippen LogP contribution < -0.4 is 10.1 Å². The number of rotatable bonds is 5. The monoisotopic (exact) mass is 375 g/mol. The van der Waals surface area contributed by atoms with E-state index in [-0.39, 0.29) is 11.7 Å². The van der Waals surface area contributed by atoms with Crippen molar-refractivity contribution >= 4 is 33.2 Å². The van der Waals surface area contributed by atoms with Crippen LogP contribution in [-0.4, -0.2) is 12.5 Å². The van der Waals surface area contributed by atoms with Gasteiger partial charge in [-0.2, -0.15) is 8.78 Å². The van der Waals surface area contributed by atoms with Gasteiger partial charge in [-0.3, -0.25) is 4.79 Å². The van der Waals surface area contributed by atoms with Gasteiger partial charge in [0.25, 0.3) is 5.91 Å². The number of carbonyl (C=O) groups excluding carboxylic acids is 1. The van der Waals surface area contributed by atoms with Crippen molar-refractivity contribution in [2.45, 2.75) is 20.1 Å². The fourth-order valence-electron chi connectivity index (χ4n) is 1.63. The van der Waals surface area contributed by atoms with Gasteiger partial charge in [0.2, 0.25) is 0 Å². The summed E-state index contributed by atoms with van der Waals surface area (Å²) in [6.45, 7) is -0.599. The minimum atomic E-state index is -2.84. The predicted molar refractivity (Wildman–Crippen MR) is 81.0 cm³/mol. The zero-order chi connectivity index (χ0) is 15.4. The summed E-state index contributed by atoms with van der Waals surface area (Å²) < 4.78 is 29.2. The molecule has 21 heavy (non-hydrogen) atoms. The third-order valence-electron chi connectivity index (χ3n) is 2.68. The van der Waals surface area contributed by atoms with Crippen molar-refractivity contribution in [3.63, 3.8) is 0 Å². The van der Waals surface area contributed by atoms with Crippen LogP contribution in [0.25, 0.3) is 0 Å². The van der Waals surface area contributed by atoms with Crippen LogP contribution >= 0.6 is 27.3 Å². The molecule has 0 bridgehead atoms. The minimum Gasteiger partial charge on any atom is -0.435 e. The van der Waals surface area contributed by atoms with Gasteiger partial charge in [-0.1, -0.05) is 12.1 Å². The van der Waals surface area contributed by atoms with E-state index >= 15 is 0 Å². The van der Waals surface area contributed by atoms with Crippen LogP contribution in [0.5, 0.6) is 5.75 Å². The summed E-state index contributed by atoms with van der Waals surface area (Å²) in [6, 6.07) is 7.96. The molecule has 0 fully saturated rings. The Morgan fingerprint density at radius 1 is 1.38 bits per heavy atom. The molecule has 1 aromatic heterocycles. The molecule has 112 valence electrons. The number of carbonyl (C=O) groups is 1. The Morgan fingerprint density at radius 2 is 2.05 bits per heavy atom. The largest absolute Gasteiger partial charge is 0.435 e. The summed E-state index contributed by atoms with van der Waals surface area (Å²) in [5.74, 6) is -0.0698. The van der Waals surface area contributed by atoms with Gasteiger partial charge in [0, 0.05) is 6.54 Å². The highest BCUT2D eigenvalue weighted by atomic mass is 79.9. The van der Waals surface area contributed by atoms with E-state index in [1.165, 1.54) is 23.5 Å². The lowest BCUT2D eigenvalue weighted by Gasteiger charge is -2.06. The molecule has 0 atom stereocenters. The molecule has 0 aliphatic heterocycles. The molecule has 0 saturated carbocycles. The van der Waals surface area contributed by atoms with Crippen LogP contribution in [0.4, 0.5) is 8.78 Å². The number of halogens is 3. The van der Waals surface area contributed by atoms with Crippen molar-refractivity contribution in [1.82, 2.24) is 5.32 Å². The second-order valence-electron chi connectivity index (χ2n) is 4.27. The lowest BCUT2D eigenvalue weighted by Crippen LogP contribution is -2.21. The number of aryl methyl sites for hydroxylation is 1. The predicted octanol–water partition coefficient (Wildman–Crippen LogP) is 4.35. The topological polar surface area (TPSA) is 38.3 Å². The zero-order valence-electron chi connectivity index (χ0n) is 11.0. The van der Waals surface area contributed by atoms with Gasteiger partial charge in [0.05, 0.1) is 8.66 Å². The van der Waals surface area contributed by atoms with Crippen LogP contribution in [0.3, 0.4) is 0 Å². The lowest BCUT2D eigenvalue weighted by molar-refractivity contribution is -0.0498. The van der Waals surface area contributed by atoms with Crippen LogP contribution in [0.15, 0.2) is 34.1 Å². The number of alkyl halides is 2. The molecule has 1 aromatic carbocycles. The molecule has 0 saturated heterocycles. The van der Waals surface area contributed by atoms with Gasteiger partial charge in [-0.25, -0.2) is 0 Å². The van der Waals surface area contributed by atoms with Crippen molar-refractivity contribution in [3.05, 3.63) is 50.1 Å². The standard InChI is InChI=1S/C14H12BrF2NO2S/c1-8-6-11(21-12(8)15)13(19)18-7-9-2-4-10(5-3-9)20-14(16)17/h2-6,14H,7H2,1H3,(H,18,19). The second-order valence-corrected chi connectivity index (χ2v) is 6.64. The first kappa shape index (κ1) is 15.9. The molecule has 2 rings (SSSR count). The highest BCUT2D eigenvalue weighted by Crippen LogP contribution is 2.27. The Balaban J connectivity index is 1.92. The van der Waals surface area contributed by atoms with Crippen LogP contribution in [0, 0.1) is 6.92 Å². The minimum absolute atomic E-state index is 0.0953. The van der Waals surface area contributed by atoms with E-state index < -0.39 is 6.61 Å². The van der Waals surface area contributed by atoms with Crippen LogP contribution in [0.2, 0.25) is 0 Å². The van der Waals surface area contributed by atoms with Crippen molar-refractivity contribution in [2.75, 3.05) is 0 Å². The maximum atomic E-state index is 12.0. The van der Waals surface area contributed by atoms with Crippen molar-refractivity contribution in [2.24, 2.45) is 0 Å². The maximum absolute atomic E-state index is 12.0. The highest BCUT2D eigenvalue weighted by molar-refractivity contribution is 9.11. The van der Waals surface area contributed by atoms with Crippen molar-refractivity contribution in [1.29, 1.82) is 0 Å². The molecular formula is C14H12BrF2NO2S. The fraction of sp³-hybridized carbons (Fsp3) is 0.214. The third kappa shape index (κ3) is 4.50. The molecular weight excluding hydrogens is 364 g/mol. The van der Waals surface area contributed by atoms with E-state index in [0.29, 0.717) is 11.4 Å². The van der Waals surface area contributed by atoms with E-state index in [1.54, 1.807) is 12.1 Å². The first-order valence-corrected chi connectivity index (χ1v) is 7.64.